The highest BCUT2D eigenvalue weighted by atomic mass is 16.1. The van der Waals surface area contributed by atoms with E-state index in [9.17, 15) is 4.79 Å². The van der Waals surface area contributed by atoms with Crippen molar-refractivity contribution in [3.05, 3.63) is 34.2 Å². The van der Waals surface area contributed by atoms with Gasteiger partial charge < -0.3 is 10.3 Å². The van der Waals surface area contributed by atoms with E-state index in [1.54, 1.807) is 6.07 Å². The lowest BCUT2D eigenvalue weighted by Crippen LogP contribution is -2.27. The van der Waals surface area contributed by atoms with Gasteiger partial charge in [-0.25, -0.2) is 0 Å². The smallest absolute Gasteiger partial charge is 0.247 e. The molecule has 1 atom stereocenters. The molecule has 70 valence electrons. The third-order valence-corrected chi connectivity index (χ3v) is 2.52. The van der Waals surface area contributed by atoms with E-state index < -0.39 is 0 Å². The molecule has 0 radical (unpaired) electrons. The lowest BCUT2D eigenvalue weighted by molar-refractivity contribution is 0.411. The maximum absolute atomic E-state index is 10.8. The molecular formula is C10H14N2O. The number of aromatic nitrogens is 1. The summed E-state index contributed by atoms with van der Waals surface area (Å²) in [6.45, 7) is 1.09. The van der Waals surface area contributed by atoms with Crippen LogP contribution in [0.5, 0.6) is 0 Å². The van der Waals surface area contributed by atoms with Crippen LogP contribution >= 0.6 is 0 Å². The fraction of sp³-hybridized carbons (Fsp3) is 0.500. The van der Waals surface area contributed by atoms with Crippen LogP contribution < -0.4 is 10.9 Å². The molecule has 0 aromatic carbocycles. The first-order chi connectivity index (χ1) is 6.36. The van der Waals surface area contributed by atoms with Crippen LogP contribution in [-0.2, 0) is 0 Å². The Hall–Kier alpha value is -1.09. The number of hydrogen-bond acceptors (Lipinski definition) is 2. The van der Waals surface area contributed by atoms with Crippen LogP contribution in [0, 0.1) is 0 Å². The van der Waals surface area contributed by atoms with Crippen LogP contribution in [0.25, 0.3) is 0 Å². The van der Waals surface area contributed by atoms with Gasteiger partial charge in [0.05, 0.1) is 0 Å². The molecule has 0 aliphatic carbocycles. The Balaban J connectivity index is 2.14. The zero-order valence-corrected chi connectivity index (χ0v) is 7.55. The van der Waals surface area contributed by atoms with E-state index in [0.29, 0.717) is 6.04 Å². The topological polar surface area (TPSA) is 44.9 Å². The van der Waals surface area contributed by atoms with E-state index in [1.165, 1.54) is 24.8 Å². The second kappa shape index (κ2) is 3.75. The highest BCUT2D eigenvalue weighted by Gasteiger charge is 2.13. The van der Waals surface area contributed by atoms with Crippen molar-refractivity contribution in [2.75, 3.05) is 6.54 Å². The Morgan fingerprint density at radius 1 is 1.31 bits per heavy atom. The summed E-state index contributed by atoms with van der Waals surface area (Å²) >= 11 is 0. The van der Waals surface area contributed by atoms with Crippen LogP contribution in [0.4, 0.5) is 0 Å². The molecule has 1 aromatic heterocycles. The maximum atomic E-state index is 10.8. The summed E-state index contributed by atoms with van der Waals surface area (Å²) in [7, 11) is 0. The highest BCUT2D eigenvalue weighted by molar-refractivity contribution is 5.14. The van der Waals surface area contributed by atoms with Gasteiger partial charge in [0.1, 0.15) is 0 Å². The Kier molecular flexibility index (Phi) is 2.45. The minimum absolute atomic E-state index is 0.0282. The van der Waals surface area contributed by atoms with Crippen LogP contribution in [0.1, 0.15) is 30.9 Å². The van der Waals surface area contributed by atoms with Gasteiger partial charge in [0.25, 0.3) is 0 Å². The first kappa shape index (κ1) is 8.51. The Morgan fingerprint density at radius 2 is 2.23 bits per heavy atom. The fourth-order valence-corrected chi connectivity index (χ4v) is 1.78. The predicted molar refractivity (Wildman–Crippen MR) is 51.7 cm³/mol. The Morgan fingerprint density at radius 3 is 2.85 bits per heavy atom. The number of pyridine rings is 1. The van der Waals surface area contributed by atoms with Gasteiger partial charge in [0, 0.05) is 18.3 Å². The largest absolute Gasteiger partial charge is 0.329 e. The van der Waals surface area contributed by atoms with E-state index in [0.717, 1.165) is 6.54 Å². The highest BCUT2D eigenvalue weighted by Crippen LogP contribution is 2.20. The molecule has 3 heteroatoms. The molecule has 2 heterocycles. The van der Waals surface area contributed by atoms with Gasteiger partial charge in [-0.1, -0.05) is 12.5 Å². The van der Waals surface area contributed by atoms with Crippen molar-refractivity contribution in [1.82, 2.24) is 10.3 Å². The minimum Gasteiger partial charge on any atom is -0.329 e. The van der Waals surface area contributed by atoms with Crippen molar-refractivity contribution in [2.45, 2.75) is 25.3 Å². The molecule has 1 aliphatic heterocycles. The average Bonchev–Trinajstić information content (AvgIpc) is 2.20. The number of aromatic amines is 1. The van der Waals surface area contributed by atoms with E-state index in [-0.39, 0.29) is 5.56 Å². The number of nitrogens with one attached hydrogen (secondary N) is 2. The van der Waals surface area contributed by atoms with Gasteiger partial charge in [-0.2, -0.15) is 0 Å². The average molecular weight is 178 g/mol. The summed E-state index contributed by atoms with van der Waals surface area (Å²) in [5.41, 5.74) is 1.17. The molecule has 1 unspecified atom stereocenters. The molecule has 0 amide bonds. The summed E-state index contributed by atoms with van der Waals surface area (Å²) in [6.07, 6.45) is 5.52. The van der Waals surface area contributed by atoms with Gasteiger partial charge in [-0.15, -0.1) is 0 Å². The summed E-state index contributed by atoms with van der Waals surface area (Å²) in [5, 5.41) is 3.43. The van der Waals surface area contributed by atoms with E-state index in [1.807, 2.05) is 12.3 Å². The number of piperidine rings is 1. The minimum atomic E-state index is -0.0282. The van der Waals surface area contributed by atoms with Crippen LogP contribution in [0.3, 0.4) is 0 Å². The third kappa shape index (κ3) is 1.98. The lowest BCUT2D eigenvalue weighted by Gasteiger charge is -2.23. The zero-order valence-electron chi connectivity index (χ0n) is 7.55. The lowest BCUT2D eigenvalue weighted by atomic mass is 9.99. The second-order valence-corrected chi connectivity index (χ2v) is 3.49. The molecule has 0 bridgehead atoms. The zero-order chi connectivity index (χ0) is 9.10. The van der Waals surface area contributed by atoms with E-state index >= 15 is 0 Å². The standard InChI is InChI=1S/C10H14N2O/c13-10-5-4-8(7-12-10)9-3-1-2-6-11-9/h4-5,7,9,11H,1-3,6H2,(H,12,13). The van der Waals surface area contributed by atoms with E-state index in [2.05, 4.69) is 10.3 Å². The van der Waals surface area contributed by atoms with Gasteiger partial charge in [0.2, 0.25) is 5.56 Å². The molecular weight excluding hydrogens is 164 g/mol. The molecule has 3 nitrogen and oxygen atoms in total. The second-order valence-electron chi connectivity index (χ2n) is 3.49. The SMILES string of the molecule is O=c1ccc(C2CCCCN2)c[nH]1. The predicted octanol–water partition coefficient (Wildman–Crippen LogP) is 1.19. The van der Waals surface area contributed by atoms with Crippen molar-refractivity contribution in [2.24, 2.45) is 0 Å². The van der Waals surface area contributed by atoms with Crippen LogP contribution in [0.15, 0.2) is 23.1 Å². The Bertz CT molecular complexity index is 305. The summed E-state index contributed by atoms with van der Waals surface area (Å²) in [6, 6.07) is 3.93. The van der Waals surface area contributed by atoms with Crippen LogP contribution in [0.2, 0.25) is 0 Å². The number of rotatable bonds is 1. The van der Waals surface area contributed by atoms with Crippen molar-refractivity contribution in [3.63, 3.8) is 0 Å². The summed E-state index contributed by atoms with van der Waals surface area (Å²) in [5.74, 6) is 0. The summed E-state index contributed by atoms with van der Waals surface area (Å²) in [4.78, 5) is 13.5. The third-order valence-electron chi connectivity index (χ3n) is 2.52. The Labute approximate surface area is 77.2 Å². The van der Waals surface area contributed by atoms with E-state index in [4.69, 9.17) is 0 Å². The first-order valence-corrected chi connectivity index (χ1v) is 4.78. The van der Waals surface area contributed by atoms with Gasteiger partial charge in [-0.05, 0) is 24.9 Å². The molecule has 13 heavy (non-hydrogen) atoms. The van der Waals surface area contributed by atoms with Gasteiger partial charge in [-0.3, -0.25) is 4.79 Å². The molecule has 0 spiro atoms. The number of hydrogen-bond donors (Lipinski definition) is 2. The normalized spacial score (nSPS) is 22.9. The monoisotopic (exact) mass is 178 g/mol. The van der Waals surface area contributed by atoms with Gasteiger partial charge in [0.15, 0.2) is 0 Å². The van der Waals surface area contributed by atoms with Gasteiger partial charge >= 0.3 is 0 Å². The molecule has 1 aliphatic rings. The molecule has 1 saturated heterocycles. The van der Waals surface area contributed by atoms with Crippen molar-refractivity contribution < 1.29 is 0 Å². The quantitative estimate of drug-likeness (QED) is 0.678. The maximum Gasteiger partial charge on any atom is 0.247 e. The molecule has 1 aromatic rings. The first-order valence-electron chi connectivity index (χ1n) is 4.78. The molecule has 1 fully saturated rings. The molecule has 2 N–H and O–H groups in total. The number of H-pyrrole nitrogens is 1. The van der Waals surface area contributed by atoms with Crippen molar-refractivity contribution in [1.29, 1.82) is 0 Å². The molecule has 0 saturated carbocycles. The van der Waals surface area contributed by atoms with Crippen molar-refractivity contribution >= 4 is 0 Å². The van der Waals surface area contributed by atoms with Crippen molar-refractivity contribution in [3.8, 4) is 0 Å². The molecule has 2 rings (SSSR count). The fourth-order valence-electron chi connectivity index (χ4n) is 1.78. The van der Waals surface area contributed by atoms with Crippen LogP contribution in [-0.4, -0.2) is 11.5 Å². The summed E-state index contributed by atoms with van der Waals surface area (Å²) < 4.78 is 0.